The van der Waals surface area contributed by atoms with E-state index in [0.29, 0.717) is 73.4 Å². The standard InChI is InChI=1S/C30H43F2N7O2/c1-5-37(19-30(3,4)40)22-12-10-21(11-13-22)17-33-29-35-25(38-14-15-41-18-20(38)2)16-26(36-29)39-24-9-7-6-8-23(24)34-28(39)27(31)32/h6-9,16,20-22,27,40H,5,10-15,17-19H2,1-4H3,(H,33,35,36)/t20-,21-,22-/m1/s1. The molecule has 1 aliphatic carbocycles. The molecule has 9 nitrogen and oxygen atoms in total. The molecule has 1 aliphatic heterocycles. The van der Waals surface area contributed by atoms with Gasteiger partial charge in [-0.25, -0.2) is 13.8 Å². The number of benzene rings is 1. The van der Waals surface area contributed by atoms with Gasteiger partial charge in [0.05, 0.1) is 35.9 Å². The van der Waals surface area contributed by atoms with Crippen LogP contribution in [0.3, 0.4) is 0 Å². The summed E-state index contributed by atoms with van der Waals surface area (Å²) in [6.07, 6.45) is 1.52. The highest BCUT2D eigenvalue weighted by Gasteiger charge is 2.29. The van der Waals surface area contributed by atoms with Crippen molar-refractivity contribution in [3.05, 3.63) is 36.2 Å². The smallest absolute Gasteiger partial charge is 0.296 e. The topological polar surface area (TPSA) is 91.6 Å². The van der Waals surface area contributed by atoms with Crippen molar-refractivity contribution in [3.8, 4) is 5.82 Å². The maximum Gasteiger partial charge on any atom is 0.296 e. The monoisotopic (exact) mass is 571 g/mol. The van der Waals surface area contributed by atoms with Crippen LogP contribution in [0.5, 0.6) is 0 Å². The van der Waals surface area contributed by atoms with Gasteiger partial charge in [-0.2, -0.15) is 9.97 Å². The number of anilines is 2. The average molecular weight is 572 g/mol. The summed E-state index contributed by atoms with van der Waals surface area (Å²) < 4.78 is 35.4. The molecule has 11 heteroatoms. The third-order valence-corrected chi connectivity index (χ3v) is 8.25. The number of hydrogen-bond donors (Lipinski definition) is 2. The summed E-state index contributed by atoms with van der Waals surface area (Å²) >= 11 is 0. The van der Waals surface area contributed by atoms with E-state index < -0.39 is 12.0 Å². The van der Waals surface area contributed by atoms with Crippen molar-refractivity contribution in [1.29, 1.82) is 0 Å². The fourth-order valence-electron chi connectivity index (χ4n) is 6.21. The molecule has 2 aliphatic rings. The highest BCUT2D eigenvalue weighted by molar-refractivity contribution is 5.78. The fraction of sp³-hybridized carbons (Fsp3) is 0.633. The summed E-state index contributed by atoms with van der Waals surface area (Å²) in [5.74, 6) is 1.60. The molecule has 3 aromatic rings. The number of alkyl halides is 2. The Morgan fingerprint density at radius 1 is 1.12 bits per heavy atom. The second-order valence-electron chi connectivity index (χ2n) is 12.1. The molecule has 224 valence electrons. The normalized spacial score (nSPS) is 22.2. The third kappa shape index (κ3) is 6.95. The van der Waals surface area contributed by atoms with Crippen LogP contribution in [0.1, 0.15) is 65.6 Å². The zero-order valence-electron chi connectivity index (χ0n) is 24.6. The van der Waals surface area contributed by atoms with Gasteiger partial charge in [-0.15, -0.1) is 0 Å². The summed E-state index contributed by atoms with van der Waals surface area (Å²) in [6.45, 7) is 12.1. The van der Waals surface area contributed by atoms with E-state index in [4.69, 9.17) is 14.7 Å². The van der Waals surface area contributed by atoms with Crippen molar-refractivity contribution >= 4 is 22.8 Å². The second-order valence-corrected chi connectivity index (χ2v) is 12.1. The van der Waals surface area contributed by atoms with E-state index in [1.54, 1.807) is 24.3 Å². The molecule has 2 aromatic heterocycles. The number of ether oxygens (including phenoxy) is 1. The van der Waals surface area contributed by atoms with Crippen molar-refractivity contribution in [2.24, 2.45) is 5.92 Å². The highest BCUT2D eigenvalue weighted by atomic mass is 19.3. The van der Waals surface area contributed by atoms with Crippen LogP contribution in [0.25, 0.3) is 16.9 Å². The third-order valence-electron chi connectivity index (χ3n) is 8.25. The number of morpholine rings is 1. The van der Waals surface area contributed by atoms with Gasteiger partial charge in [-0.05, 0) is 71.0 Å². The van der Waals surface area contributed by atoms with E-state index in [1.165, 1.54) is 4.57 Å². The van der Waals surface area contributed by atoms with Crippen LogP contribution >= 0.6 is 0 Å². The Morgan fingerprint density at radius 2 is 1.85 bits per heavy atom. The van der Waals surface area contributed by atoms with Gasteiger partial charge in [0.15, 0.2) is 5.82 Å². The number of imidazole rings is 1. The predicted molar refractivity (Wildman–Crippen MR) is 157 cm³/mol. The minimum absolute atomic E-state index is 0.0918. The average Bonchev–Trinajstić information content (AvgIpc) is 3.35. The van der Waals surface area contributed by atoms with E-state index in [9.17, 15) is 13.9 Å². The number of nitrogens with zero attached hydrogens (tertiary/aromatic N) is 6. The van der Waals surface area contributed by atoms with E-state index in [2.05, 4.69) is 33.9 Å². The molecule has 0 spiro atoms. The zero-order chi connectivity index (χ0) is 29.1. The van der Waals surface area contributed by atoms with Gasteiger partial charge in [-0.3, -0.25) is 9.47 Å². The Labute approximate surface area is 240 Å². The number of halogens is 2. The first-order chi connectivity index (χ1) is 19.6. The lowest BCUT2D eigenvalue weighted by Crippen LogP contribution is -2.46. The summed E-state index contributed by atoms with van der Waals surface area (Å²) in [5.41, 5.74) is 0.370. The lowest BCUT2D eigenvalue weighted by molar-refractivity contribution is 0.0134. The molecule has 1 saturated heterocycles. The molecular formula is C30H43F2N7O2. The largest absolute Gasteiger partial charge is 0.389 e. The first-order valence-electron chi connectivity index (χ1n) is 14.8. The number of aromatic nitrogens is 4. The molecule has 0 bridgehead atoms. The second kappa shape index (κ2) is 12.5. The lowest BCUT2D eigenvalue weighted by Gasteiger charge is -2.39. The van der Waals surface area contributed by atoms with Crippen LogP contribution < -0.4 is 10.2 Å². The summed E-state index contributed by atoms with van der Waals surface area (Å²) in [5, 5.41) is 13.8. The van der Waals surface area contributed by atoms with Crippen LogP contribution in [-0.2, 0) is 4.74 Å². The van der Waals surface area contributed by atoms with E-state index in [-0.39, 0.29) is 11.9 Å². The van der Waals surface area contributed by atoms with Crippen LogP contribution in [0.2, 0.25) is 0 Å². The maximum absolute atomic E-state index is 14.2. The molecule has 2 N–H and O–H groups in total. The number of nitrogens with one attached hydrogen (secondary N) is 1. The Balaban J connectivity index is 1.38. The number of rotatable bonds is 10. The predicted octanol–water partition coefficient (Wildman–Crippen LogP) is 5.04. The number of hydrogen-bond acceptors (Lipinski definition) is 8. The molecule has 2 fully saturated rings. The minimum atomic E-state index is -2.76. The molecular weight excluding hydrogens is 528 g/mol. The highest BCUT2D eigenvalue weighted by Crippen LogP contribution is 2.31. The molecule has 1 aromatic carbocycles. The van der Waals surface area contributed by atoms with E-state index in [1.807, 2.05) is 19.9 Å². The number of likely N-dealkylation sites (N-methyl/N-ethyl adjacent to an activating group) is 1. The SMILES string of the molecule is CCN(CC(C)(C)O)[C@H]1CC[C@H](CNc2nc(N3CCOC[C@H]3C)cc(-n3c(C(F)F)nc4ccccc43)n2)CC1. The molecule has 41 heavy (non-hydrogen) atoms. The molecule has 0 amide bonds. The van der Waals surface area contributed by atoms with Crippen molar-refractivity contribution in [2.75, 3.05) is 49.6 Å². The lowest BCUT2D eigenvalue weighted by atomic mass is 9.85. The quantitative estimate of drug-likeness (QED) is 0.350. The summed E-state index contributed by atoms with van der Waals surface area (Å²) in [4.78, 5) is 18.3. The van der Waals surface area contributed by atoms with Crippen molar-refractivity contribution in [3.63, 3.8) is 0 Å². The number of aliphatic hydroxyl groups is 1. The molecule has 1 saturated carbocycles. The number of fused-ring (bicyclic) bond motifs is 1. The van der Waals surface area contributed by atoms with Crippen LogP contribution in [-0.4, -0.2) is 86.6 Å². The van der Waals surface area contributed by atoms with Gasteiger partial charge in [-0.1, -0.05) is 19.1 Å². The van der Waals surface area contributed by atoms with E-state index >= 15 is 0 Å². The van der Waals surface area contributed by atoms with Gasteiger partial charge < -0.3 is 20.1 Å². The van der Waals surface area contributed by atoms with Crippen molar-refractivity contribution < 1.29 is 18.6 Å². The first-order valence-corrected chi connectivity index (χ1v) is 14.8. The minimum Gasteiger partial charge on any atom is -0.389 e. The van der Waals surface area contributed by atoms with Crippen LogP contribution in [0.4, 0.5) is 20.5 Å². The van der Waals surface area contributed by atoms with Gasteiger partial charge in [0.1, 0.15) is 11.6 Å². The summed E-state index contributed by atoms with van der Waals surface area (Å²) in [7, 11) is 0. The van der Waals surface area contributed by atoms with Gasteiger partial charge in [0.25, 0.3) is 6.43 Å². The Hall–Kier alpha value is -2.89. The molecule has 3 heterocycles. The van der Waals surface area contributed by atoms with E-state index in [0.717, 1.165) is 32.2 Å². The van der Waals surface area contributed by atoms with Crippen LogP contribution in [0.15, 0.2) is 30.3 Å². The first kappa shape index (κ1) is 29.6. The van der Waals surface area contributed by atoms with Crippen molar-refractivity contribution in [1.82, 2.24) is 24.4 Å². The molecule has 0 radical (unpaired) electrons. The van der Waals surface area contributed by atoms with Gasteiger partial charge in [0, 0.05) is 31.7 Å². The Bertz CT molecular complexity index is 1300. The molecule has 1 atom stereocenters. The summed E-state index contributed by atoms with van der Waals surface area (Å²) in [6, 6.07) is 9.48. The maximum atomic E-state index is 14.2. The Kier molecular flexibility index (Phi) is 9.06. The molecule has 0 unspecified atom stereocenters. The number of para-hydroxylation sites is 2. The van der Waals surface area contributed by atoms with Crippen molar-refractivity contribution in [2.45, 2.75) is 77.5 Å². The Morgan fingerprint density at radius 3 is 2.54 bits per heavy atom. The zero-order valence-corrected chi connectivity index (χ0v) is 24.6. The molecule has 5 rings (SSSR count). The fourth-order valence-corrected chi connectivity index (χ4v) is 6.21. The van der Waals surface area contributed by atoms with Gasteiger partial charge >= 0.3 is 0 Å². The van der Waals surface area contributed by atoms with Gasteiger partial charge in [0.2, 0.25) is 5.95 Å². The van der Waals surface area contributed by atoms with Crippen LogP contribution in [0, 0.1) is 5.92 Å².